The van der Waals surface area contributed by atoms with E-state index >= 15 is 0 Å². The number of nitriles is 2. The molecule has 0 spiro atoms. The lowest BCUT2D eigenvalue weighted by atomic mass is 10.3. The Balaban J connectivity index is 2.59. The summed E-state index contributed by atoms with van der Waals surface area (Å²) in [6.45, 7) is 4.50. The molecule has 1 N–H and O–H groups in total. The predicted octanol–water partition coefficient (Wildman–Crippen LogP) is 0.626. The standard InChI is InChI=1S/C10H13N5/c1-2-3-13-4-5-15-8-14-9(6-11)10(15)7-12/h8,13H,2-5H2,1H3. The highest BCUT2D eigenvalue weighted by Crippen LogP contribution is 2.03. The van der Waals surface area contributed by atoms with Crippen LogP contribution in [-0.4, -0.2) is 22.6 Å². The topological polar surface area (TPSA) is 77.4 Å². The molecule has 78 valence electrons. The van der Waals surface area contributed by atoms with Gasteiger partial charge in [-0.25, -0.2) is 4.98 Å². The zero-order valence-corrected chi connectivity index (χ0v) is 8.69. The van der Waals surface area contributed by atoms with Gasteiger partial charge in [0, 0.05) is 13.1 Å². The predicted molar refractivity (Wildman–Crippen MR) is 54.8 cm³/mol. The molecule has 0 radical (unpaired) electrons. The van der Waals surface area contributed by atoms with E-state index in [1.54, 1.807) is 4.57 Å². The van der Waals surface area contributed by atoms with Gasteiger partial charge in [-0.1, -0.05) is 6.92 Å². The third-order valence-corrected chi connectivity index (χ3v) is 2.01. The minimum atomic E-state index is 0.202. The maximum absolute atomic E-state index is 8.84. The molecule has 5 nitrogen and oxygen atoms in total. The molecule has 1 aromatic rings. The van der Waals surface area contributed by atoms with Crippen molar-refractivity contribution >= 4 is 0 Å². The molecule has 0 aliphatic heterocycles. The Morgan fingerprint density at radius 1 is 1.40 bits per heavy atom. The Kier molecular flexibility index (Phi) is 4.33. The molecule has 5 heteroatoms. The molecule has 0 aliphatic rings. The Hall–Kier alpha value is -1.85. The highest BCUT2D eigenvalue weighted by Gasteiger charge is 2.08. The van der Waals surface area contributed by atoms with Gasteiger partial charge in [0.25, 0.3) is 0 Å². The molecule has 0 bridgehead atoms. The van der Waals surface area contributed by atoms with Crippen LogP contribution in [0.5, 0.6) is 0 Å². The van der Waals surface area contributed by atoms with Crippen LogP contribution in [0, 0.1) is 22.7 Å². The Bertz CT molecular complexity index is 393. The molecular formula is C10H13N5. The van der Waals surface area contributed by atoms with Crippen LogP contribution in [0.1, 0.15) is 24.7 Å². The molecule has 0 fully saturated rings. The van der Waals surface area contributed by atoms with E-state index in [1.165, 1.54) is 6.33 Å². The highest BCUT2D eigenvalue weighted by molar-refractivity contribution is 5.35. The van der Waals surface area contributed by atoms with E-state index in [0.717, 1.165) is 19.5 Å². The normalized spacial score (nSPS) is 9.53. The highest BCUT2D eigenvalue weighted by atomic mass is 15.1. The van der Waals surface area contributed by atoms with Crippen molar-refractivity contribution in [1.29, 1.82) is 10.5 Å². The third kappa shape index (κ3) is 2.80. The second kappa shape index (κ2) is 5.79. The number of hydrogen-bond donors (Lipinski definition) is 1. The summed E-state index contributed by atoms with van der Waals surface area (Å²) in [5.74, 6) is 0. The van der Waals surface area contributed by atoms with E-state index in [0.29, 0.717) is 12.2 Å². The van der Waals surface area contributed by atoms with Crippen LogP contribution in [-0.2, 0) is 6.54 Å². The van der Waals surface area contributed by atoms with Gasteiger partial charge in [0.1, 0.15) is 12.1 Å². The zero-order valence-electron chi connectivity index (χ0n) is 8.69. The van der Waals surface area contributed by atoms with Crippen LogP contribution in [0.2, 0.25) is 0 Å². The number of rotatable bonds is 5. The van der Waals surface area contributed by atoms with Crippen molar-refractivity contribution in [3.05, 3.63) is 17.7 Å². The van der Waals surface area contributed by atoms with Crippen molar-refractivity contribution in [2.24, 2.45) is 0 Å². The van der Waals surface area contributed by atoms with E-state index in [2.05, 4.69) is 17.2 Å². The summed E-state index contributed by atoms with van der Waals surface area (Å²) in [5.41, 5.74) is 0.545. The number of nitrogens with zero attached hydrogens (tertiary/aromatic N) is 4. The third-order valence-electron chi connectivity index (χ3n) is 2.01. The van der Waals surface area contributed by atoms with Crippen molar-refractivity contribution in [1.82, 2.24) is 14.9 Å². The fraction of sp³-hybridized carbons (Fsp3) is 0.500. The lowest BCUT2D eigenvalue weighted by molar-refractivity contribution is 0.590. The van der Waals surface area contributed by atoms with Crippen molar-refractivity contribution in [2.75, 3.05) is 13.1 Å². The minimum Gasteiger partial charge on any atom is -0.320 e. The smallest absolute Gasteiger partial charge is 0.176 e. The van der Waals surface area contributed by atoms with Gasteiger partial charge in [-0.15, -0.1) is 0 Å². The van der Waals surface area contributed by atoms with Gasteiger partial charge in [-0.2, -0.15) is 10.5 Å². The number of nitrogens with one attached hydrogen (secondary N) is 1. The van der Waals surface area contributed by atoms with E-state index in [4.69, 9.17) is 10.5 Å². The van der Waals surface area contributed by atoms with E-state index in [-0.39, 0.29) is 5.69 Å². The molecule has 1 heterocycles. The first-order valence-electron chi connectivity index (χ1n) is 4.89. The first kappa shape index (κ1) is 11.2. The number of hydrogen-bond acceptors (Lipinski definition) is 4. The van der Waals surface area contributed by atoms with E-state index < -0.39 is 0 Å². The van der Waals surface area contributed by atoms with Crippen molar-refractivity contribution < 1.29 is 0 Å². The van der Waals surface area contributed by atoms with Crippen LogP contribution in [0.15, 0.2) is 6.33 Å². The number of imidazole rings is 1. The summed E-state index contributed by atoms with van der Waals surface area (Å²) in [4.78, 5) is 3.86. The average Bonchev–Trinajstić information content (AvgIpc) is 2.66. The fourth-order valence-electron chi connectivity index (χ4n) is 1.25. The minimum absolute atomic E-state index is 0.202. The molecule has 1 rings (SSSR count). The Morgan fingerprint density at radius 3 is 2.80 bits per heavy atom. The molecule has 0 amide bonds. The summed E-state index contributed by atoms with van der Waals surface area (Å²) >= 11 is 0. The molecule has 0 aliphatic carbocycles. The van der Waals surface area contributed by atoms with E-state index in [9.17, 15) is 0 Å². The fourth-order valence-corrected chi connectivity index (χ4v) is 1.25. The maximum atomic E-state index is 8.84. The molecule has 0 aromatic carbocycles. The first-order valence-corrected chi connectivity index (χ1v) is 4.89. The lowest BCUT2D eigenvalue weighted by Crippen LogP contribution is -2.20. The maximum Gasteiger partial charge on any atom is 0.176 e. The molecule has 0 saturated heterocycles. The summed E-state index contributed by atoms with van der Waals surface area (Å²) in [6, 6.07) is 3.88. The van der Waals surface area contributed by atoms with Gasteiger partial charge in [0.05, 0.1) is 6.33 Å². The first-order chi connectivity index (χ1) is 7.33. The molecule has 1 aromatic heterocycles. The molecule has 0 atom stereocenters. The Labute approximate surface area is 89.0 Å². The molecule has 15 heavy (non-hydrogen) atoms. The van der Waals surface area contributed by atoms with Crippen LogP contribution < -0.4 is 5.32 Å². The van der Waals surface area contributed by atoms with Crippen molar-refractivity contribution in [3.8, 4) is 12.1 Å². The van der Waals surface area contributed by atoms with Crippen LogP contribution in [0.25, 0.3) is 0 Å². The second-order valence-corrected chi connectivity index (χ2v) is 3.11. The summed E-state index contributed by atoms with van der Waals surface area (Å²) in [6.07, 6.45) is 2.61. The summed E-state index contributed by atoms with van der Waals surface area (Å²) < 4.78 is 1.70. The lowest BCUT2D eigenvalue weighted by Gasteiger charge is -2.04. The molecule has 0 saturated carbocycles. The van der Waals surface area contributed by atoms with Crippen LogP contribution in [0.4, 0.5) is 0 Å². The van der Waals surface area contributed by atoms with Gasteiger partial charge in [0.2, 0.25) is 0 Å². The zero-order chi connectivity index (χ0) is 11.1. The monoisotopic (exact) mass is 203 g/mol. The van der Waals surface area contributed by atoms with Crippen LogP contribution >= 0.6 is 0 Å². The second-order valence-electron chi connectivity index (χ2n) is 3.11. The van der Waals surface area contributed by atoms with E-state index in [1.807, 2.05) is 12.1 Å². The quantitative estimate of drug-likeness (QED) is 0.712. The largest absolute Gasteiger partial charge is 0.320 e. The SMILES string of the molecule is CCCNCCn1cnc(C#N)c1C#N. The number of aromatic nitrogens is 2. The summed E-state index contributed by atoms with van der Waals surface area (Å²) in [7, 11) is 0. The van der Waals surface area contributed by atoms with Gasteiger partial charge in [-0.3, -0.25) is 0 Å². The van der Waals surface area contributed by atoms with Gasteiger partial charge >= 0.3 is 0 Å². The van der Waals surface area contributed by atoms with Crippen molar-refractivity contribution in [2.45, 2.75) is 19.9 Å². The van der Waals surface area contributed by atoms with Gasteiger partial charge in [0.15, 0.2) is 11.4 Å². The van der Waals surface area contributed by atoms with Crippen molar-refractivity contribution in [3.63, 3.8) is 0 Å². The average molecular weight is 203 g/mol. The molecular weight excluding hydrogens is 190 g/mol. The molecule has 0 unspecified atom stereocenters. The summed E-state index contributed by atoms with van der Waals surface area (Å²) in [5, 5.41) is 20.7. The van der Waals surface area contributed by atoms with Crippen LogP contribution in [0.3, 0.4) is 0 Å². The van der Waals surface area contributed by atoms with Gasteiger partial charge < -0.3 is 9.88 Å². The van der Waals surface area contributed by atoms with Gasteiger partial charge in [-0.05, 0) is 13.0 Å². The Morgan fingerprint density at radius 2 is 2.20 bits per heavy atom.